The van der Waals surface area contributed by atoms with Gasteiger partial charge in [0.1, 0.15) is 0 Å². The number of nitrogens with zero attached hydrogens (tertiary/aromatic N) is 6. The Morgan fingerprint density at radius 2 is 0.677 bits per heavy atom. The average Bonchev–Trinajstić information content (AvgIpc) is 3.32. The summed E-state index contributed by atoms with van der Waals surface area (Å²) in [6.45, 7) is 0. The smallest absolute Gasteiger partial charge is 0.423 e. The third kappa shape index (κ3) is 10.5. The van der Waals surface area contributed by atoms with Gasteiger partial charge in [-0.3, -0.25) is 0 Å². The molecule has 0 aliphatic rings. The van der Waals surface area contributed by atoms with Gasteiger partial charge in [-0.1, -0.05) is 181 Å². The van der Waals surface area contributed by atoms with Crippen molar-refractivity contribution in [2.75, 3.05) is 0 Å². The Kier molecular flexibility index (Phi) is 13.3. The van der Waals surface area contributed by atoms with Crippen LogP contribution in [0.1, 0.15) is 0 Å². The van der Waals surface area contributed by atoms with E-state index < -0.39 is 7.12 Å². The fraction of sp³-hybridized carbons (Fsp3) is 0. The van der Waals surface area contributed by atoms with Crippen molar-refractivity contribution in [2.24, 2.45) is 0 Å². The molecule has 0 spiro atoms. The Morgan fingerprint density at radius 1 is 0.306 bits per heavy atom. The predicted molar refractivity (Wildman–Crippen MR) is 253 cm³/mol. The molecule has 0 aliphatic carbocycles. The number of hydrogen-bond donors (Lipinski definition) is 2. The maximum absolute atomic E-state index is 8.65. The summed E-state index contributed by atoms with van der Waals surface area (Å²) in [5, 5.41) is 23.3. The van der Waals surface area contributed by atoms with E-state index in [9.17, 15) is 0 Å². The quantitative estimate of drug-likeness (QED) is 0.159. The molecule has 0 fully saturated rings. The van der Waals surface area contributed by atoms with Gasteiger partial charge in [0, 0.05) is 37.9 Å². The number of halogens is 3. The largest absolute Gasteiger partial charge is 0.488 e. The second-order valence-electron chi connectivity index (χ2n) is 13.9. The molecule has 0 saturated heterocycles. The number of fused-ring (bicyclic) bond motifs is 2. The van der Waals surface area contributed by atoms with E-state index in [4.69, 9.17) is 59.8 Å². The number of hydrogen-bond acceptors (Lipinski definition) is 8. The van der Waals surface area contributed by atoms with E-state index in [0.29, 0.717) is 44.6 Å². The standard InChI is InChI=1S/C25H16ClN3.C19H12ClN3.C6H6BClO2/c26-22-12-6-11-20(16-22)24-27-23(18-8-2-1-3-9-18)28-25(29-24)21-14-13-17-7-4-5-10-19(17)15-21;20-19-22-17(14-7-2-1-3-8-14)21-18(23-19)16-11-10-13-6-4-5-9-15(13)12-16;8-6-3-1-2-5(4-6)7(9)10/h1-16H;1-12H;1-4,9-10H. The molecular formula is C50H34BCl3N6O2. The molecule has 0 atom stereocenters. The van der Waals surface area contributed by atoms with Crippen LogP contribution < -0.4 is 5.46 Å². The molecule has 12 heteroatoms. The van der Waals surface area contributed by atoms with E-state index in [1.165, 1.54) is 16.8 Å². The lowest BCUT2D eigenvalue weighted by Gasteiger charge is -2.09. The Hall–Kier alpha value is -6.85. The fourth-order valence-electron chi connectivity index (χ4n) is 6.50. The van der Waals surface area contributed by atoms with Gasteiger partial charge in [0.05, 0.1) is 0 Å². The molecule has 2 heterocycles. The van der Waals surface area contributed by atoms with Crippen molar-refractivity contribution < 1.29 is 10.0 Å². The van der Waals surface area contributed by atoms with Gasteiger partial charge in [-0.2, -0.15) is 9.97 Å². The molecular weight excluding hydrogens is 834 g/mol. The minimum Gasteiger partial charge on any atom is -0.423 e. The summed E-state index contributed by atoms with van der Waals surface area (Å²) < 4.78 is 0. The van der Waals surface area contributed by atoms with Crippen molar-refractivity contribution in [2.45, 2.75) is 0 Å². The molecule has 0 radical (unpaired) electrons. The van der Waals surface area contributed by atoms with Crippen LogP contribution in [0.4, 0.5) is 0 Å². The molecule has 0 bridgehead atoms. The lowest BCUT2D eigenvalue weighted by atomic mass is 9.81. The van der Waals surface area contributed by atoms with E-state index >= 15 is 0 Å². The number of rotatable bonds is 6. The molecule has 2 N–H and O–H groups in total. The SMILES string of the molecule is Clc1cccc(-c2nc(-c3ccccc3)nc(-c3ccc4ccccc4c3)n2)c1.Clc1nc(-c2ccccc2)nc(-c2ccc3ccccc3c2)n1.OB(O)c1cccc(Cl)c1. The summed E-state index contributed by atoms with van der Waals surface area (Å²) in [6, 6.07) is 62.5. The van der Waals surface area contributed by atoms with E-state index in [-0.39, 0.29) is 5.28 Å². The molecule has 300 valence electrons. The maximum atomic E-state index is 8.65. The highest BCUT2D eigenvalue weighted by Gasteiger charge is 2.14. The minimum absolute atomic E-state index is 0.196. The van der Waals surface area contributed by atoms with Crippen molar-refractivity contribution in [3.8, 4) is 56.9 Å². The zero-order chi connectivity index (χ0) is 42.8. The first-order valence-electron chi connectivity index (χ1n) is 19.4. The van der Waals surface area contributed by atoms with E-state index in [1.54, 1.807) is 18.2 Å². The van der Waals surface area contributed by atoms with Gasteiger partial charge in [0.2, 0.25) is 5.28 Å². The van der Waals surface area contributed by atoms with Gasteiger partial charge >= 0.3 is 7.12 Å². The number of benzene rings is 8. The molecule has 10 rings (SSSR count). The summed E-state index contributed by atoms with van der Waals surface area (Å²) in [7, 11) is -1.43. The minimum atomic E-state index is -1.43. The third-order valence-corrected chi connectivity index (χ3v) is 10.2. The molecule has 0 unspecified atom stereocenters. The van der Waals surface area contributed by atoms with Gasteiger partial charge < -0.3 is 10.0 Å². The molecule has 8 aromatic carbocycles. The predicted octanol–water partition coefficient (Wildman–Crippen LogP) is 11.7. The van der Waals surface area contributed by atoms with Gasteiger partial charge in [-0.15, -0.1) is 0 Å². The van der Waals surface area contributed by atoms with Crippen LogP contribution in [0.3, 0.4) is 0 Å². The summed E-state index contributed by atoms with van der Waals surface area (Å²) >= 11 is 17.9. The highest BCUT2D eigenvalue weighted by atomic mass is 35.5. The second-order valence-corrected chi connectivity index (χ2v) is 15.1. The van der Waals surface area contributed by atoms with Crippen molar-refractivity contribution in [1.82, 2.24) is 29.9 Å². The summed E-state index contributed by atoms with van der Waals surface area (Å²) in [4.78, 5) is 27.4. The first kappa shape index (κ1) is 41.9. The Morgan fingerprint density at radius 3 is 1.13 bits per heavy atom. The topological polar surface area (TPSA) is 118 Å². The molecule has 2 aromatic heterocycles. The van der Waals surface area contributed by atoms with Crippen LogP contribution in [0.25, 0.3) is 78.5 Å². The second kappa shape index (κ2) is 19.7. The van der Waals surface area contributed by atoms with Crippen molar-refractivity contribution in [1.29, 1.82) is 0 Å². The zero-order valence-corrected chi connectivity index (χ0v) is 35.0. The van der Waals surface area contributed by atoms with E-state index in [2.05, 4.69) is 63.5 Å². The van der Waals surface area contributed by atoms with Crippen LogP contribution in [0.5, 0.6) is 0 Å². The van der Waals surface area contributed by atoms with Crippen LogP contribution in [0, 0.1) is 0 Å². The average molecular weight is 868 g/mol. The third-order valence-electron chi connectivity index (χ3n) is 9.55. The first-order valence-corrected chi connectivity index (χ1v) is 20.5. The Bertz CT molecular complexity index is 3130. The van der Waals surface area contributed by atoms with E-state index in [0.717, 1.165) is 38.6 Å². The van der Waals surface area contributed by atoms with Gasteiger partial charge in [0.15, 0.2) is 29.1 Å². The zero-order valence-electron chi connectivity index (χ0n) is 32.8. The Balaban J connectivity index is 0.000000143. The highest BCUT2D eigenvalue weighted by molar-refractivity contribution is 6.59. The summed E-state index contributed by atoms with van der Waals surface area (Å²) in [6.07, 6.45) is 0. The fourth-order valence-corrected chi connectivity index (χ4v) is 7.05. The highest BCUT2D eigenvalue weighted by Crippen LogP contribution is 2.29. The molecule has 8 nitrogen and oxygen atoms in total. The van der Waals surface area contributed by atoms with E-state index in [1.807, 2.05) is 121 Å². The monoisotopic (exact) mass is 866 g/mol. The van der Waals surface area contributed by atoms with Crippen LogP contribution in [0.15, 0.2) is 194 Å². The van der Waals surface area contributed by atoms with Crippen molar-refractivity contribution in [3.05, 3.63) is 209 Å². The van der Waals surface area contributed by atoms with Crippen molar-refractivity contribution in [3.63, 3.8) is 0 Å². The normalized spacial score (nSPS) is 10.7. The van der Waals surface area contributed by atoms with Gasteiger partial charge in [0.25, 0.3) is 0 Å². The molecule has 0 saturated carbocycles. The Labute approximate surface area is 373 Å². The van der Waals surface area contributed by atoms with Crippen LogP contribution in [-0.4, -0.2) is 47.1 Å². The molecule has 62 heavy (non-hydrogen) atoms. The lowest BCUT2D eigenvalue weighted by molar-refractivity contribution is 0.426. The molecule has 0 aliphatic heterocycles. The van der Waals surface area contributed by atoms with Crippen LogP contribution >= 0.6 is 34.8 Å². The van der Waals surface area contributed by atoms with Crippen molar-refractivity contribution >= 4 is 68.9 Å². The first-order chi connectivity index (χ1) is 30.3. The summed E-state index contributed by atoms with van der Waals surface area (Å²) in [5.41, 5.74) is 5.00. The summed E-state index contributed by atoms with van der Waals surface area (Å²) in [5.74, 6) is 3.03. The molecule has 0 amide bonds. The van der Waals surface area contributed by atoms with Crippen LogP contribution in [-0.2, 0) is 0 Å². The van der Waals surface area contributed by atoms with Crippen LogP contribution in [0.2, 0.25) is 15.3 Å². The lowest BCUT2D eigenvalue weighted by Crippen LogP contribution is -2.29. The van der Waals surface area contributed by atoms with Gasteiger partial charge in [-0.05, 0) is 75.0 Å². The maximum Gasteiger partial charge on any atom is 0.488 e. The van der Waals surface area contributed by atoms with Gasteiger partial charge in [-0.25, -0.2) is 19.9 Å². The number of aromatic nitrogens is 6. The molecule has 10 aromatic rings.